The molecular formula is C23H17F3O. The molecule has 0 amide bonds. The molecule has 0 aliphatic rings. The maximum absolute atomic E-state index is 14.2. The fraction of sp³-hybridized carbons (Fsp3) is 0.130. The van der Waals surface area contributed by atoms with E-state index in [-0.39, 0.29) is 17.1 Å². The molecule has 0 N–H and O–H groups in total. The standard InChI is InChI=1S/C23H17F3O/c1-3-17-9-8-16(14-20(17)24)5-4-15-6-10-18(11-7-15)19-12-13-21(27-2)23(26)22(19)25/h6-14H,3H2,1-2H3. The molecule has 1 nitrogen and oxygen atoms in total. The molecule has 136 valence electrons. The average Bonchev–Trinajstić information content (AvgIpc) is 2.69. The van der Waals surface area contributed by atoms with E-state index in [2.05, 4.69) is 11.8 Å². The number of hydrogen-bond acceptors (Lipinski definition) is 1. The van der Waals surface area contributed by atoms with Crippen molar-refractivity contribution in [2.45, 2.75) is 13.3 Å². The topological polar surface area (TPSA) is 9.23 Å². The number of ether oxygens (including phenoxy) is 1. The number of benzene rings is 3. The average molecular weight is 366 g/mol. The molecule has 0 aliphatic heterocycles. The van der Waals surface area contributed by atoms with Crippen molar-refractivity contribution in [3.63, 3.8) is 0 Å². The Hall–Kier alpha value is -3.19. The minimum atomic E-state index is -1.02. The van der Waals surface area contributed by atoms with Crippen molar-refractivity contribution in [2.24, 2.45) is 0 Å². The summed E-state index contributed by atoms with van der Waals surface area (Å²) in [5, 5.41) is 0. The van der Waals surface area contributed by atoms with E-state index in [4.69, 9.17) is 4.74 Å². The summed E-state index contributed by atoms with van der Waals surface area (Å²) in [6.45, 7) is 1.89. The van der Waals surface area contributed by atoms with Crippen LogP contribution in [0, 0.1) is 29.3 Å². The van der Waals surface area contributed by atoms with Crippen molar-refractivity contribution < 1.29 is 17.9 Å². The van der Waals surface area contributed by atoms with Crippen molar-refractivity contribution in [3.8, 4) is 28.7 Å². The highest BCUT2D eigenvalue weighted by Gasteiger charge is 2.14. The molecule has 27 heavy (non-hydrogen) atoms. The lowest BCUT2D eigenvalue weighted by molar-refractivity contribution is 0.372. The molecule has 3 aromatic rings. The highest BCUT2D eigenvalue weighted by Crippen LogP contribution is 2.29. The highest BCUT2D eigenvalue weighted by atomic mass is 19.2. The Kier molecular flexibility index (Phi) is 5.52. The van der Waals surface area contributed by atoms with Crippen LogP contribution < -0.4 is 4.74 Å². The minimum absolute atomic E-state index is 0.139. The number of methoxy groups -OCH3 is 1. The fourth-order valence-electron chi connectivity index (χ4n) is 2.70. The normalized spacial score (nSPS) is 10.3. The zero-order chi connectivity index (χ0) is 19.4. The quantitative estimate of drug-likeness (QED) is 0.537. The van der Waals surface area contributed by atoms with E-state index in [0.717, 1.165) is 0 Å². The van der Waals surface area contributed by atoms with Gasteiger partial charge in [-0.05, 0) is 53.9 Å². The van der Waals surface area contributed by atoms with Gasteiger partial charge >= 0.3 is 0 Å². The first kappa shape index (κ1) is 18.6. The largest absolute Gasteiger partial charge is 0.494 e. The van der Waals surface area contributed by atoms with E-state index < -0.39 is 11.6 Å². The van der Waals surface area contributed by atoms with E-state index in [1.54, 1.807) is 36.4 Å². The summed E-state index contributed by atoms with van der Waals surface area (Å²) in [6, 6.07) is 14.5. The van der Waals surface area contributed by atoms with Crippen molar-refractivity contribution in [2.75, 3.05) is 7.11 Å². The lowest BCUT2D eigenvalue weighted by atomic mass is 10.0. The van der Waals surface area contributed by atoms with E-state index in [1.807, 2.05) is 6.92 Å². The summed E-state index contributed by atoms with van der Waals surface area (Å²) < 4.78 is 46.6. The van der Waals surface area contributed by atoms with Crippen LogP contribution in [0.4, 0.5) is 13.2 Å². The first-order chi connectivity index (χ1) is 13.0. The Morgan fingerprint density at radius 3 is 2.11 bits per heavy atom. The van der Waals surface area contributed by atoms with Crippen LogP contribution in [-0.2, 0) is 6.42 Å². The van der Waals surface area contributed by atoms with Gasteiger partial charge in [-0.25, -0.2) is 8.78 Å². The first-order valence-corrected chi connectivity index (χ1v) is 8.46. The van der Waals surface area contributed by atoms with Gasteiger partial charge in [-0.1, -0.05) is 37.0 Å². The van der Waals surface area contributed by atoms with Gasteiger partial charge in [0.15, 0.2) is 11.6 Å². The van der Waals surface area contributed by atoms with Gasteiger partial charge in [-0.3, -0.25) is 0 Å². The van der Waals surface area contributed by atoms with Crippen molar-refractivity contribution >= 4 is 0 Å². The number of halogens is 3. The number of aryl methyl sites for hydroxylation is 1. The molecule has 0 spiro atoms. The van der Waals surface area contributed by atoms with Crippen LogP contribution in [0.2, 0.25) is 0 Å². The summed E-state index contributed by atoms with van der Waals surface area (Å²) in [7, 11) is 1.28. The van der Waals surface area contributed by atoms with Gasteiger partial charge in [0.1, 0.15) is 5.82 Å². The Bertz CT molecular complexity index is 1030. The van der Waals surface area contributed by atoms with Gasteiger partial charge in [0, 0.05) is 16.7 Å². The highest BCUT2D eigenvalue weighted by molar-refractivity contribution is 5.66. The van der Waals surface area contributed by atoms with Crippen LogP contribution in [-0.4, -0.2) is 7.11 Å². The Labute approximate surface area is 156 Å². The van der Waals surface area contributed by atoms with Gasteiger partial charge in [-0.2, -0.15) is 4.39 Å². The molecule has 0 aliphatic carbocycles. The first-order valence-electron chi connectivity index (χ1n) is 8.46. The molecule has 0 aromatic heterocycles. The van der Waals surface area contributed by atoms with Gasteiger partial charge in [0.25, 0.3) is 0 Å². The second-order valence-corrected chi connectivity index (χ2v) is 5.93. The Morgan fingerprint density at radius 1 is 0.815 bits per heavy atom. The van der Waals surface area contributed by atoms with Crippen molar-refractivity contribution in [1.29, 1.82) is 0 Å². The molecule has 0 heterocycles. The zero-order valence-electron chi connectivity index (χ0n) is 14.9. The van der Waals surface area contributed by atoms with Gasteiger partial charge in [-0.15, -0.1) is 0 Å². The molecule has 0 bridgehead atoms. The van der Waals surface area contributed by atoms with Gasteiger partial charge in [0.2, 0.25) is 5.82 Å². The van der Waals surface area contributed by atoms with Crippen LogP contribution in [0.3, 0.4) is 0 Å². The molecule has 0 radical (unpaired) electrons. The number of rotatable bonds is 3. The Balaban J connectivity index is 1.85. The predicted octanol–water partition coefficient (Wildman–Crippen LogP) is 5.74. The molecule has 3 rings (SSSR count). The predicted molar refractivity (Wildman–Crippen MR) is 100 cm³/mol. The maximum atomic E-state index is 14.2. The molecule has 0 saturated heterocycles. The molecule has 0 saturated carbocycles. The summed E-state index contributed by atoms with van der Waals surface area (Å²) in [6.07, 6.45) is 0.628. The van der Waals surface area contributed by atoms with Crippen LogP contribution in [0.25, 0.3) is 11.1 Å². The molecule has 0 atom stereocenters. The zero-order valence-corrected chi connectivity index (χ0v) is 14.9. The smallest absolute Gasteiger partial charge is 0.201 e. The third kappa shape index (κ3) is 3.98. The minimum Gasteiger partial charge on any atom is -0.494 e. The maximum Gasteiger partial charge on any atom is 0.201 e. The van der Waals surface area contributed by atoms with Crippen LogP contribution >= 0.6 is 0 Å². The monoisotopic (exact) mass is 366 g/mol. The molecule has 0 unspecified atom stereocenters. The van der Waals surface area contributed by atoms with E-state index in [0.29, 0.717) is 28.7 Å². The lowest BCUT2D eigenvalue weighted by Gasteiger charge is -2.08. The third-order valence-corrected chi connectivity index (χ3v) is 4.25. The molecule has 3 aromatic carbocycles. The molecule has 4 heteroatoms. The van der Waals surface area contributed by atoms with Crippen LogP contribution in [0.15, 0.2) is 54.6 Å². The summed E-state index contributed by atoms with van der Waals surface area (Å²) in [5.41, 5.74) is 2.59. The fourth-order valence-corrected chi connectivity index (χ4v) is 2.70. The molecular weight excluding hydrogens is 349 g/mol. The van der Waals surface area contributed by atoms with E-state index in [9.17, 15) is 13.2 Å². The second-order valence-electron chi connectivity index (χ2n) is 5.93. The summed E-state index contributed by atoms with van der Waals surface area (Å²) in [4.78, 5) is 0. The van der Waals surface area contributed by atoms with Crippen LogP contribution in [0.1, 0.15) is 23.6 Å². The van der Waals surface area contributed by atoms with Gasteiger partial charge < -0.3 is 4.74 Å². The van der Waals surface area contributed by atoms with E-state index >= 15 is 0 Å². The number of hydrogen-bond donors (Lipinski definition) is 0. The van der Waals surface area contributed by atoms with Crippen molar-refractivity contribution in [3.05, 3.63) is 88.7 Å². The van der Waals surface area contributed by atoms with Gasteiger partial charge in [0.05, 0.1) is 7.11 Å². The van der Waals surface area contributed by atoms with Crippen molar-refractivity contribution in [1.82, 2.24) is 0 Å². The Morgan fingerprint density at radius 2 is 1.48 bits per heavy atom. The lowest BCUT2D eigenvalue weighted by Crippen LogP contribution is -1.95. The summed E-state index contributed by atoms with van der Waals surface area (Å²) >= 11 is 0. The SMILES string of the molecule is CCc1ccc(C#Cc2ccc(-c3ccc(OC)c(F)c3F)cc2)cc1F. The van der Waals surface area contributed by atoms with E-state index in [1.165, 1.54) is 25.3 Å². The third-order valence-electron chi connectivity index (χ3n) is 4.25. The van der Waals surface area contributed by atoms with Crippen LogP contribution in [0.5, 0.6) is 5.75 Å². The molecule has 0 fully saturated rings. The second kappa shape index (κ2) is 8.01. The summed E-state index contributed by atoms with van der Waals surface area (Å²) in [5.74, 6) is 3.47.